The van der Waals surface area contributed by atoms with Gasteiger partial charge in [-0.15, -0.1) is 0 Å². The molecule has 0 bridgehead atoms. The fourth-order valence-corrected chi connectivity index (χ4v) is 4.14. The van der Waals surface area contributed by atoms with Crippen molar-refractivity contribution in [3.63, 3.8) is 0 Å². The second-order valence-corrected chi connectivity index (χ2v) is 9.91. The summed E-state index contributed by atoms with van der Waals surface area (Å²) in [5, 5.41) is 3.77. The molecular formula is C25H31BrCl2N2O3. The maximum atomic E-state index is 13.3. The molecule has 1 N–H and O–H groups in total. The second kappa shape index (κ2) is 13.2. The first-order valence-electron chi connectivity index (χ1n) is 11.1. The number of nitrogens with zero attached hydrogens (tertiary/aromatic N) is 1. The van der Waals surface area contributed by atoms with Gasteiger partial charge >= 0.3 is 0 Å². The minimum absolute atomic E-state index is 0.187. The molecule has 1 atom stereocenters. The van der Waals surface area contributed by atoms with Crippen LogP contribution >= 0.6 is 39.1 Å². The lowest BCUT2D eigenvalue weighted by molar-refractivity contribution is -0.143. The number of hydrogen-bond acceptors (Lipinski definition) is 3. The molecule has 180 valence electrons. The highest BCUT2D eigenvalue weighted by Gasteiger charge is 2.29. The van der Waals surface area contributed by atoms with Crippen LogP contribution in [0.3, 0.4) is 0 Å². The summed E-state index contributed by atoms with van der Waals surface area (Å²) in [7, 11) is 0. The minimum atomic E-state index is -0.639. The molecule has 5 nitrogen and oxygen atoms in total. The minimum Gasteiger partial charge on any atom is -0.483 e. The third-order valence-corrected chi connectivity index (χ3v) is 6.52. The van der Waals surface area contributed by atoms with Gasteiger partial charge in [0.1, 0.15) is 11.8 Å². The van der Waals surface area contributed by atoms with Crippen LogP contribution < -0.4 is 10.1 Å². The first kappa shape index (κ1) is 27.5. The van der Waals surface area contributed by atoms with E-state index in [1.807, 2.05) is 39.0 Å². The Morgan fingerprint density at radius 3 is 2.33 bits per heavy atom. The van der Waals surface area contributed by atoms with Crippen molar-refractivity contribution in [1.29, 1.82) is 0 Å². The summed E-state index contributed by atoms with van der Waals surface area (Å²) < 4.78 is 6.60. The Hall–Kier alpha value is -1.76. The molecule has 2 rings (SSSR count). The molecule has 2 aromatic rings. The van der Waals surface area contributed by atoms with Crippen LogP contribution in [0.4, 0.5) is 0 Å². The van der Waals surface area contributed by atoms with Crippen LogP contribution in [0.5, 0.6) is 5.75 Å². The fourth-order valence-electron chi connectivity index (χ4n) is 3.28. The molecule has 0 unspecified atom stereocenters. The predicted octanol–water partition coefficient (Wildman–Crippen LogP) is 6.28. The van der Waals surface area contributed by atoms with E-state index in [9.17, 15) is 9.59 Å². The quantitative estimate of drug-likeness (QED) is 0.354. The number of halogens is 3. The van der Waals surface area contributed by atoms with Crippen LogP contribution in [0.2, 0.25) is 10.0 Å². The number of rotatable bonds is 11. The molecule has 0 aliphatic rings. The van der Waals surface area contributed by atoms with Gasteiger partial charge < -0.3 is 15.0 Å². The molecule has 0 aliphatic carbocycles. The number of amides is 2. The first-order chi connectivity index (χ1) is 15.7. The monoisotopic (exact) mass is 556 g/mol. The van der Waals surface area contributed by atoms with Crippen LogP contribution in [0.25, 0.3) is 0 Å². The van der Waals surface area contributed by atoms with Gasteiger partial charge in [-0.25, -0.2) is 0 Å². The molecule has 0 heterocycles. The largest absolute Gasteiger partial charge is 0.483 e. The average molecular weight is 558 g/mol. The number of carbonyl (C=O) groups is 2. The third kappa shape index (κ3) is 8.20. The summed E-state index contributed by atoms with van der Waals surface area (Å²) in [6.07, 6.45) is 1.37. The summed E-state index contributed by atoms with van der Waals surface area (Å²) in [5.74, 6) is 0.400. The van der Waals surface area contributed by atoms with Gasteiger partial charge in [0.2, 0.25) is 5.91 Å². The summed E-state index contributed by atoms with van der Waals surface area (Å²) >= 11 is 15.7. The molecule has 0 aromatic heterocycles. The zero-order valence-electron chi connectivity index (χ0n) is 19.5. The van der Waals surface area contributed by atoms with Gasteiger partial charge in [-0.3, -0.25) is 9.59 Å². The SMILES string of the molecule is CCc1ccc(OCC(=O)N(Cc2ccc(Cl)c(Cl)c2)[C@H](CC)C(=O)NCC(C)C)c(Br)c1. The Labute approximate surface area is 214 Å². The van der Waals surface area contributed by atoms with Crippen molar-refractivity contribution in [3.05, 3.63) is 62.0 Å². The topological polar surface area (TPSA) is 58.6 Å². The van der Waals surface area contributed by atoms with Crippen LogP contribution in [0.1, 0.15) is 45.2 Å². The number of aryl methyl sites for hydroxylation is 1. The van der Waals surface area contributed by atoms with Crippen LogP contribution in [-0.2, 0) is 22.6 Å². The van der Waals surface area contributed by atoms with Crippen molar-refractivity contribution in [1.82, 2.24) is 10.2 Å². The number of carbonyl (C=O) groups excluding carboxylic acids is 2. The van der Waals surface area contributed by atoms with E-state index in [1.165, 1.54) is 0 Å². The van der Waals surface area contributed by atoms with Crippen molar-refractivity contribution in [2.45, 2.75) is 53.1 Å². The fraction of sp³-hybridized carbons (Fsp3) is 0.440. The lowest BCUT2D eigenvalue weighted by Gasteiger charge is -2.31. The van der Waals surface area contributed by atoms with E-state index >= 15 is 0 Å². The number of hydrogen-bond donors (Lipinski definition) is 1. The second-order valence-electron chi connectivity index (χ2n) is 8.24. The van der Waals surface area contributed by atoms with Gasteiger partial charge in [-0.2, -0.15) is 0 Å². The van der Waals surface area contributed by atoms with Crippen molar-refractivity contribution in [2.24, 2.45) is 5.92 Å². The van der Waals surface area contributed by atoms with Gasteiger partial charge in [-0.05, 0) is 70.1 Å². The van der Waals surface area contributed by atoms with Crippen molar-refractivity contribution < 1.29 is 14.3 Å². The standard InChI is InChI=1S/C25H31BrCl2N2O3/c1-5-17-8-10-23(19(26)11-17)33-15-24(31)30(14-18-7-9-20(27)21(28)12-18)22(6-2)25(32)29-13-16(3)4/h7-12,16,22H,5-6,13-15H2,1-4H3,(H,29,32)/t22-/m1/s1. The molecule has 0 radical (unpaired) electrons. The summed E-state index contributed by atoms with van der Waals surface area (Å²) in [4.78, 5) is 27.8. The maximum absolute atomic E-state index is 13.3. The van der Waals surface area contributed by atoms with Crippen LogP contribution in [0.15, 0.2) is 40.9 Å². The summed E-state index contributed by atoms with van der Waals surface area (Å²) in [6.45, 7) is 8.56. The first-order valence-corrected chi connectivity index (χ1v) is 12.6. The molecule has 0 saturated carbocycles. The highest BCUT2D eigenvalue weighted by atomic mass is 79.9. The Balaban J connectivity index is 2.24. The van der Waals surface area contributed by atoms with Crippen molar-refractivity contribution in [3.8, 4) is 5.75 Å². The Morgan fingerprint density at radius 1 is 1.06 bits per heavy atom. The lowest BCUT2D eigenvalue weighted by atomic mass is 10.1. The normalized spacial score (nSPS) is 11.9. The number of benzene rings is 2. The zero-order chi connectivity index (χ0) is 24.5. The summed E-state index contributed by atoms with van der Waals surface area (Å²) in [6, 6.07) is 10.3. The van der Waals surface area contributed by atoms with Gasteiger partial charge in [0.05, 0.1) is 14.5 Å². The van der Waals surface area contributed by atoms with Gasteiger partial charge in [0.25, 0.3) is 5.91 Å². The molecule has 0 spiro atoms. The summed E-state index contributed by atoms with van der Waals surface area (Å²) in [5.41, 5.74) is 1.94. The van der Waals surface area contributed by atoms with Gasteiger partial charge in [-0.1, -0.05) is 63.0 Å². The smallest absolute Gasteiger partial charge is 0.261 e. The van der Waals surface area contributed by atoms with Crippen molar-refractivity contribution in [2.75, 3.05) is 13.2 Å². The molecule has 33 heavy (non-hydrogen) atoms. The molecule has 2 aromatic carbocycles. The van der Waals surface area contributed by atoms with Gasteiger partial charge in [0.15, 0.2) is 6.61 Å². The van der Waals surface area contributed by atoms with E-state index in [0.29, 0.717) is 34.7 Å². The highest BCUT2D eigenvalue weighted by molar-refractivity contribution is 9.10. The highest BCUT2D eigenvalue weighted by Crippen LogP contribution is 2.27. The molecule has 0 saturated heterocycles. The molecule has 0 fully saturated rings. The van der Waals surface area contributed by atoms with E-state index in [1.54, 1.807) is 23.1 Å². The van der Waals surface area contributed by atoms with Crippen LogP contribution in [-0.4, -0.2) is 35.9 Å². The number of ether oxygens (including phenoxy) is 1. The molecular weight excluding hydrogens is 527 g/mol. The molecule has 2 amide bonds. The van der Waals surface area contributed by atoms with Crippen molar-refractivity contribution >= 4 is 50.9 Å². The van der Waals surface area contributed by atoms with E-state index in [-0.39, 0.29) is 25.0 Å². The third-order valence-electron chi connectivity index (χ3n) is 5.16. The van der Waals surface area contributed by atoms with Gasteiger partial charge in [0, 0.05) is 13.1 Å². The molecule has 0 aliphatic heterocycles. The average Bonchev–Trinajstić information content (AvgIpc) is 2.78. The Kier molecular flexibility index (Phi) is 11.0. The van der Waals surface area contributed by atoms with E-state index in [4.69, 9.17) is 27.9 Å². The Morgan fingerprint density at radius 2 is 1.76 bits per heavy atom. The predicted molar refractivity (Wildman–Crippen MR) is 138 cm³/mol. The molecule has 8 heteroatoms. The lowest BCUT2D eigenvalue weighted by Crippen LogP contribution is -2.50. The zero-order valence-corrected chi connectivity index (χ0v) is 22.6. The Bertz CT molecular complexity index is 969. The van der Waals surface area contributed by atoms with E-state index in [2.05, 4.69) is 28.2 Å². The maximum Gasteiger partial charge on any atom is 0.261 e. The van der Waals surface area contributed by atoms with E-state index in [0.717, 1.165) is 22.0 Å². The number of nitrogens with one attached hydrogen (secondary N) is 1. The van der Waals surface area contributed by atoms with E-state index < -0.39 is 6.04 Å². The van der Waals surface area contributed by atoms with Crippen LogP contribution in [0, 0.1) is 5.92 Å².